The van der Waals surface area contributed by atoms with Gasteiger partial charge in [-0.2, -0.15) is 0 Å². The Labute approximate surface area is 159 Å². The third-order valence-electron chi connectivity index (χ3n) is 5.19. The molecular weight excluding hydrogens is 342 g/mol. The molecule has 3 rings (SSSR count). The van der Waals surface area contributed by atoms with Crippen LogP contribution in [0.5, 0.6) is 0 Å². The van der Waals surface area contributed by atoms with E-state index in [1.165, 1.54) is 0 Å². The number of benzene rings is 2. The number of hydrogen-bond acceptors (Lipinski definition) is 4. The molecule has 2 aromatic rings. The highest BCUT2D eigenvalue weighted by Gasteiger charge is 2.35. The highest BCUT2D eigenvalue weighted by molar-refractivity contribution is 5.95. The number of carbonyl (C=O) groups excluding carboxylic acids is 1. The van der Waals surface area contributed by atoms with Crippen molar-refractivity contribution in [3.63, 3.8) is 0 Å². The molecule has 0 heterocycles. The zero-order chi connectivity index (χ0) is 19.4. The van der Waals surface area contributed by atoms with Gasteiger partial charge in [-0.15, -0.1) is 0 Å². The maximum atomic E-state index is 12.5. The number of aliphatic carboxylic acids is 1. The SMILES string of the molecule is CCCCC(N)C(C(=O)O)C(=O)OCC1c2ccccc2-c2ccccc21. The number of rotatable bonds is 8. The third-order valence-corrected chi connectivity index (χ3v) is 5.19. The molecule has 0 amide bonds. The van der Waals surface area contributed by atoms with Crippen molar-refractivity contribution in [3.05, 3.63) is 59.7 Å². The second-order valence-electron chi connectivity index (χ2n) is 6.98. The molecule has 0 bridgehead atoms. The Bertz CT molecular complexity index is 787. The minimum absolute atomic E-state index is 0.0948. The zero-order valence-electron chi connectivity index (χ0n) is 15.4. The molecule has 5 nitrogen and oxygen atoms in total. The molecule has 27 heavy (non-hydrogen) atoms. The van der Waals surface area contributed by atoms with E-state index in [0.29, 0.717) is 6.42 Å². The fourth-order valence-electron chi connectivity index (χ4n) is 3.76. The maximum Gasteiger partial charge on any atom is 0.321 e. The van der Waals surface area contributed by atoms with Crippen LogP contribution < -0.4 is 5.73 Å². The first-order chi connectivity index (χ1) is 13.0. The van der Waals surface area contributed by atoms with Crippen LogP contribution in [0.1, 0.15) is 43.2 Å². The molecule has 2 atom stereocenters. The van der Waals surface area contributed by atoms with Crippen LogP contribution in [0, 0.1) is 5.92 Å². The van der Waals surface area contributed by atoms with Crippen molar-refractivity contribution in [2.24, 2.45) is 11.7 Å². The Balaban J connectivity index is 1.76. The molecule has 1 aliphatic carbocycles. The van der Waals surface area contributed by atoms with Crippen LogP contribution in [0.4, 0.5) is 0 Å². The van der Waals surface area contributed by atoms with Crippen molar-refractivity contribution in [2.45, 2.75) is 38.1 Å². The first-order valence-electron chi connectivity index (χ1n) is 9.37. The summed E-state index contributed by atoms with van der Waals surface area (Å²) < 4.78 is 5.46. The summed E-state index contributed by atoms with van der Waals surface area (Å²) in [5.41, 5.74) is 10.4. The molecular formula is C22H25NO4. The van der Waals surface area contributed by atoms with E-state index in [9.17, 15) is 14.7 Å². The first-order valence-corrected chi connectivity index (χ1v) is 9.37. The van der Waals surface area contributed by atoms with E-state index >= 15 is 0 Å². The Hall–Kier alpha value is -2.66. The first kappa shape index (κ1) is 19.1. The lowest BCUT2D eigenvalue weighted by atomic mass is 9.95. The van der Waals surface area contributed by atoms with Crippen LogP contribution in [-0.4, -0.2) is 29.7 Å². The number of unbranched alkanes of at least 4 members (excludes halogenated alkanes) is 1. The quantitative estimate of drug-likeness (QED) is 0.550. The molecule has 1 aliphatic rings. The van der Waals surface area contributed by atoms with Gasteiger partial charge in [0.15, 0.2) is 5.92 Å². The Morgan fingerprint density at radius 2 is 1.63 bits per heavy atom. The van der Waals surface area contributed by atoms with Gasteiger partial charge >= 0.3 is 11.9 Å². The lowest BCUT2D eigenvalue weighted by Crippen LogP contribution is -2.42. The van der Waals surface area contributed by atoms with Crippen molar-refractivity contribution in [1.82, 2.24) is 0 Å². The molecule has 0 aromatic heterocycles. The number of carboxylic acids is 1. The molecule has 0 saturated carbocycles. The minimum atomic E-state index is -1.33. The predicted molar refractivity (Wildman–Crippen MR) is 103 cm³/mol. The van der Waals surface area contributed by atoms with Crippen LogP contribution in [0.15, 0.2) is 48.5 Å². The fourth-order valence-corrected chi connectivity index (χ4v) is 3.76. The summed E-state index contributed by atoms with van der Waals surface area (Å²) in [4.78, 5) is 24.0. The van der Waals surface area contributed by atoms with Crippen molar-refractivity contribution < 1.29 is 19.4 Å². The van der Waals surface area contributed by atoms with Gasteiger partial charge in [-0.1, -0.05) is 68.3 Å². The van der Waals surface area contributed by atoms with Gasteiger partial charge in [0.2, 0.25) is 0 Å². The average Bonchev–Trinajstić information content (AvgIpc) is 2.98. The van der Waals surface area contributed by atoms with Gasteiger partial charge in [-0.25, -0.2) is 0 Å². The normalized spacial score (nSPS) is 14.9. The van der Waals surface area contributed by atoms with Gasteiger partial charge in [0.1, 0.15) is 6.61 Å². The van der Waals surface area contributed by atoms with Crippen molar-refractivity contribution >= 4 is 11.9 Å². The Morgan fingerprint density at radius 1 is 1.07 bits per heavy atom. The monoisotopic (exact) mass is 367 g/mol. The lowest BCUT2D eigenvalue weighted by Gasteiger charge is -2.20. The molecule has 0 saturated heterocycles. The van der Waals surface area contributed by atoms with Crippen molar-refractivity contribution in [1.29, 1.82) is 0 Å². The molecule has 3 N–H and O–H groups in total. The minimum Gasteiger partial charge on any atom is -0.481 e. The van der Waals surface area contributed by atoms with E-state index < -0.39 is 23.9 Å². The average molecular weight is 367 g/mol. The second-order valence-corrected chi connectivity index (χ2v) is 6.98. The molecule has 5 heteroatoms. The number of hydrogen-bond donors (Lipinski definition) is 2. The fraction of sp³-hybridized carbons (Fsp3) is 0.364. The summed E-state index contributed by atoms with van der Waals surface area (Å²) in [7, 11) is 0. The zero-order valence-corrected chi connectivity index (χ0v) is 15.4. The Morgan fingerprint density at radius 3 is 2.15 bits per heavy atom. The van der Waals surface area contributed by atoms with Crippen LogP contribution in [0.25, 0.3) is 11.1 Å². The van der Waals surface area contributed by atoms with Gasteiger partial charge < -0.3 is 15.6 Å². The van der Waals surface area contributed by atoms with E-state index in [1.54, 1.807) is 0 Å². The lowest BCUT2D eigenvalue weighted by molar-refractivity contribution is -0.160. The largest absolute Gasteiger partial charge is 0.481 e. The van der Waals surface area contributed by atoms with E-state index in [-0.39, 0.29) is 12.5 Å². The van der Waals surface area contributed by atoms with Crippen LogP contribution in [0.3, 0.4) is 0 Å². The number of esters is 1. The van der Waals surface area contributed by atoms with Crippen molar-refractivity contribution in [3.8, 4) is 11.1 Å². The summed E-state index contributed by atoms with van der Waals surface area (Å²) >= 11 is 0. The summed E-state index contributed by atoms with van der Waals surface area (Å²) in [5.74, 6) is -3.41. The number of carbonyl (C=O) groups is 2. The smallest absolute Gasteiger partial charge is 0.321 e. The maximum absolute atomic E-state index is 12.5. The van der Waals surface area contributed by atoms with Crippen LogP contribution >= 0.6 is 0 Å². The van der Waals surface area contributed by atoms with Crippen LogP contribution in [-0.2, 0) is 14.3 Å². The Kier molecular flexibility index (Phi) is 5.91. The summed E-state index contributed by atoms with van der Waals surface area (Å²) in [6, 6.07) is 15.3. The topological polar surface area (TPSA) is 89.6 Å². The van der Waals surface area contributed by atoms with Gasteiger partial charge in [0.05, 0.1) is 0 Å². The van der Waals surface area contributed by atoms with Crippen LogP contribution in [0.2, 0.25) is 0 Å². The molecule has 0 spiro atoms. The summed E-state index contributed by atoms with van der Waals surface area (Å²) in [5, 5.41) is 9.44. The molecule has 0 radical (unpaired) electrons. The highest BCUT2D eigenvalue weighted by Crippen LogP contribution is 2.44. The number of ether oxygens (including phenoxy) is 1. The van der Waals surface area contributed by atoms with Gasteiger partial charge in [0, 0.05) is 12.0 Å². The molecule has 2 aromatic carbocycles. The van der Waals surface area contributed by atoms with Crippen molar-refractivity contribution in [2.75, 3.05) is 6.61 Å². The highest BCUT2D eigenvalue weighted by atomic mass is 16.5. The summed E-state index contributed by atoms with van der Waals surface area (Å²) in [6.45, 7) is 2.10. The molecule has 0 fully saturated rings. The van der Waals surface area contributed by atoms with E-state index in [0.717, 1.165) is 35.1 Å². The van der Waals surface area contributed by atoms with E-state index in [2.05, 4.69) is 12.1 Å². The molecule has 142 valence electrons. The summed E-state index contributed by atoms with van der Waals surface area (Å²) in [6.07, 6.45) is 2.16. The van der Waals surface area contributed by atoms with Gasteiger partial charge in [-0.05, 0) is 28.7 Å². The predicted octanol–water partition coefficient (Wildman–Crippen LogP) is 3.56. The van der Waals surface area contributed by atoms with E-state index in [4.69, 9.17) is 10.5 Å². The third kappa shape index (κ3) is 3.88. The number of fused-ring (bicyclic) bond motifs is 3. The second kappa shape index (κ2) is 8.35. The number of carboxylic acid groups (broad SMARTS) is 1. The standard InChI is InChI=1S/C22H25NO4/c1-2-3-12-19(23)20(21(24)25)22(26)27-13-18-16-10-6-4-8-14(16)15-9-5-7-11-17(15)18/h4-11,18-20H,2-3,12-13,23H2,1H3,(H,24,25). The van der Waals surface area contributed by atoms with E-state index in [1.807, 2.05) is 43.3 Å². The molecule has 0 aliphatic heterocycles. The molecule has 2 unspecified atom stereocenters. The number of nitrogens with two attached hydrogens (primary N) is 1. The van der Waals surface area contributed by atoms with Gasteiger partial charge in [0.25, 0.3) is 0 Å². The van der Waals surface area contributed by atoms with Gasteiger partial charge in [-0.3, -0.25) is 9.59 Å².